The van der Waals surface area contributed by atoms with Crippen LogP contribution >= 0.6 is 0 Å². The zero-order valence-electron chi connectivity index (χ0n) is 12.9. The molecular weight excluding hydrogens is 285 g/mol. The van der Waals surface area contributed by atoms with E-state index >= 15 is 0 Å². The molecule has 5 nitrogen and oxygen atoms in total. The Morgan fingerprint density at radius 1 is 1.45 bits per heavy atom. The highest BCUT2D eigenvalue weighted by molar-refractivity contribution is 5.94. The molecule has 1 saturated heterocycles. The van der Waals surface area contributed by atoms with Crippen LogP contribution in [0.1, 0.15) is 23.2 Å². The monoisotopic (exact) mass is 307 g/mol. The summed E-state index contributed by atoms with van der Waals surface area (Å²) in [6.45, 7) is 3.53. The van der Waals surface area contributed by atoms with E-state index in [0.717, 1.165) is 25.2 Å². The van der Waals surface area contributed by atoms with Crippen LogP contribution < -0.4 is 0 Å². The lowest BCUT2D eigenvalue weighted by molar-refractivity contribution is -0.0334. The van der Waals surface area contributed by atoms with Gasteiger partial charge in [-0.3, -0.25) is 9.78 Å². The van der Waals surface area contributed by atoms with Crippen LogP contribution in [0.2, 0.25) is 0 Å². The third-order valence-corrected chi connectivity index (χ3v) is 4.16. The summed E-state index contributed by atoms with van der Waals surface area (Å²) >= 11 is 0. The molecule has 0 bridgehead atoms. The van der Waals surface area contributed by atoms with Crippen LogP contribution in [0.15, 0.2) is 18.5 Å². The molecule has 1 atom stereocenters. The van der Waals surface area contributed by atoms with E-state index in [1.807, 2.05) is 0 Å². The molecule has 2 aliphatic rings. The number of rotatable bonds is 5. The van der Waals surface area contributed by atoms with Crippen molar-refractivity contribution in [2.75, 3.05) is 39.8 Å². The molecule has 0 aromatic carbocycles. The molecule has 1 aliphatic heterocycles. The average Bonchev–Trinajstić information content (AvgIpc) is 3.30. The summed E-state index contributed by atoms with van der Waals surface area (Å²) in [7, 11) is 2.10. The third-order valence-electron chi connectivity index (χ3n) is 4.16. The minimum absolute atomic E-state index is 0.0166. The van der Waals surface area contributed by atoms with Crippen LogP contribution in [0, 0.1) is 11.7 Å². The SMILES string of the molecule is CN(CC1CC1)C[C@@H]1CN(C(=O)c2cncc(F)c2)CCO1. The Kier molecular flexibility index (Phi) is 4.69. The first-order valence-electron chi connectivity index (χ1n) is 7.82. The lowest BCUT2D eigenvalue weighted by Crippen LogP contribution is -2.49. The van der Waals surface area contributed by atoms with E-state index in [4.69, 9.17) is 4.74 Å². The number of morpholine rings is 1. The third kappa shape index (κ3) is 4.01. The van der Waals surface area contributed by atoms with Crippen molar-refractivity contribution in [2.24, 2.45) is 5.92 Å². The highest BCUT2D eigenvalue weighted by Gasteiger charge is 2.28. The molecule has 22 heavy (non-hydrogen) atoms. The van der Waals surface area contributed by atoms with E-state index in [0.29, 0.717) is 25.3 Å². The Morgan fingerprint density at radius 3 is 3.00 bits per heavy atom. The molecule has 0 radical (unpaired) electrons. The van der Waals surface area contributed by atoms with Gasteiger partial charge in [-0.1, -0.05) is 0 Å². The second-order valence-corrected chi connectivity index (χ2v) is 6.30. The Bertz CT molecular complexity index is 536. The molecule has 120 valence electrons. The number of hydrogen-bond donors (Lipinski definition) is 0. The van der Waals surface area contributed by atoms with Gasteiger partial charge in [0, 0.05) is 32.4 Å². The standard InChI is InChI=1S/C16H22FN3O2/c1-19(9-12-2-3-12)10-15-11-20(4-5-22-15)16(21)13-6-14(17)8-18-7-13/h6-8,12,15H,2-5,9-11H2,1H3/t15-/m1/s1. The van der Waals surface area contributed by atoms with Gasteiger partial charge in [-0.15, -0.1) is 0 Å². The summed E-state index contributed by atoms with van der Waals surface area (Å²) in [5, 5.41) is 0. The summed E-state index contributed by atoms with van der Waals surface area (Å²) < 4.78 is 19.0. The largest absolute Gasteiger partial charge is 0.373 e. The minimum atomic E-state index is -0.486. The maximum Gasteiger partial charge on any atom is 0.255 e. The highest BCUT2D eigenvalue weighted by atomic mass is 19.1. The first-order chi connectivity index (χ1) is 10.6. The van der Waals surface area contributed by atoms with E-state index in [9.17, 15) is 9.18 Å². The number of aromatic nitrogens is 1. The number of carbonyl (C=O) groups is 1. The lowest BCUT2D eigenvalue weighted by atomic mass is 10.2. The van der Waals surface area contributed by atoms with E-state index in [-0.39, 0.29) is 12.0 Å². The average molecular weight is 307 g/mol. The van der Waals surface area contributed by atoms with E-state index in [1.54, 1.807) is 4.90 Å². The number of ether oxygens (including phenoxy) is 1. The summed E-state index contributed by atoms with van der Waals surface area (Å²) in [6.07, 6.45) is 5.18. The minimum Gasteiger partial charge on any atom is -0.373 e. The quantitative estimate of drug-likeness (QED) is 0.825. The first-order valence-corrected chi connectivity index (χ1v) is 7.82. The molecule has 3 rings (SSSR count). The molecule has 1 aromatic heterocycles. The summed E-state index contributed by atoms with van der Waals surface area (Å²) in [6, 6.07) is 1.24. The van der Waals surface area contributed by atoms with Crippen molar-refractivity contribution in [1.29, 1.82) is 0 Å². The molecule has 1 aliphatic carbocycles. The van der Waals surface area contributed by atoms with E-state index in [2.05, 4.69) is 16.9 Å². The number of halogens is 1. The maximum absolute atomic E-state index is 13.2. The van der Waals surface area contributed by atoms with Crippen molar-refractivity contribution in [1.82, 2.24) is 14.8 Å². The predicted molar refractivity (Wildman–Crippen MR) is 80.1 cm³/mol. The fourth-order valence-corrected chi connectivity index (χ4v) is 2.89. The van der Waals surface area contributed by atoms with E-state index < -0.39 is 5.82 Å². The zero-order valence-corrected chi connectivity index (χ0v) is 12.9. The van der Waals surface area contributed by atoms with Gasteiger partial charge in [0.2, 0.25) is 0 Å². The Labute approximate surface area is 130 Å². The maximum atomic E-state index is 13.2. The zero-order chi connectivity index (χ0) is 15.5. The molecule has 1 saturated carbocycles. The van der Waals surface area contributed by atoms with Crippen LogP contribution in [-0.2, 0) is 4.74 Å². The number of hydrogen-bond acceptors (Lipinski definition) is 4. The second-order valence-electron chi connectivity index (χ2n) is 6.30. The molecule has 6 heteroatoms. The Hall–Kier alpha value is -1.53. The van der Waals surface area contributed by atoms with Crippen LogP contribution in [0.3, 0.4) is 0 Å². The molecule has 1 aromatic rings. The van der Waals surface area contributed by atoms with Gasteiger partial charge in [-0.05, 0) is 31.9 Å². The normalized spacial score (nSPS) is 22.1. The van der Waals surface area contributed by atoms with Gasteiger partial charge in [0.05, 0.1) is 24.5 Å². The van der Waals surface area contributed by atoms with Gasteiger partial charge in [0.25, 0.3) is 5.91 Å². The van der Waals surface area contributed by atoms with Crippen LogP contribution in [0.5, 0.6) is 0 Å². The van der Waals surface area contributed by atoms with Crippen molar-refractivity contribution in [3.05, 3.63) is 29.8 Å². The number of likely N-dealkylation sites (N-methyl/N-ethyl adjacent to an activating group) is 1. The van der Waals surface area contributed by atoms with Crippen molar-refractivity contribution < 1.29 is 13.9 Å². The summed E-state index contributed by atoms with van der Waals surface area (Å²) in [5.41, 5.74) is 0.298. The van der Waals surface area contributed by atoms with Crippen molar-refractivity contribution >= 4 is 5.91 Å². The fraction of sp³-hybridized carbons (Fsp3) is 0.625. The molecule has 2 heterocycles. The van der Waals surface area contributed by atoms with Gasteiger partial charge < -0.3 is 14.5 Å². The number of carbonyl (C=O) groups excluding carboxylic acids is 1. The topological polar surface area (TPSA) is 45.7 Å². The fourth-order valence-electron chi connectivity index (χ4n) is 2.89. The van der Waals surface area contributed by atoms with Crippen LogP contribution in [0.25, 0.3) is 0 Å². The van der Waals surface area contributed by atoms with Crippen molar-refractivity contribution in [3.63, 3.8) is 0 Å². The Morgan fingerprint density at radius 2 is 2.27 bits per heavy atom. The highest BCUT2D eigenvalue weighted by Crippen LogP contribution is 2.29. The summed E-state index contributed by atoms with van der Waals surface area (Å²) in [5.74, 6) is 0.176. The number of amides is 1. The van der Waals surface area contributed by atoms with Crippen molar-refractivity contribution in [2.45, 2.75) is 18.9 Å². The Balaban J connectivity index is 1.56. The molecular formula is C16H22FN3O2. The lowest BCUT2D eigenvalue weighted by Gasteiger charge is -2.35. The van der Waals surface area contributed by atoms with Gasteiger partial charge in [0.15, 0.2) is 0 Å². The second kappa shape index (κ2) is 6.71. The van der Waals surface area contributed by atoms with Gasteiger partial charge in [0.1, 0.15) is 5.82 Å². The van der Waals surface area contributed by atoms with Gasteiger partial charge in [-0.25, -0.2) is 4.39 Å². The van der Waals surface area contributed by atoms with Gasteiger partial charge >= 0.3 is 0 Å². The smallest absolute Gasteiger partial charge is 0.255 e. The number of pyridine rings is 1. The molecule has 1 amide bonds. The van der Waals surface area contributed by atoms with Crippen LogP contribution in [0.4, 0.5) is 4.39 Å². The summed E-state index contributed by atoms with van der Waals surface area (Å²) in [4.78, 5) is 20.2. The predicted octanol–water partition coefficient (Wildman–Crippen LogP) is 1.40. The molecule has 0 N–H and O–H groups in total. The van der Waals surface area contributed by atoms with Crippen molar-refractivity contribution in [3.8, 4) is 0 Å². The molecule has 0 spiro atoms. The van der Waals surface area contributed by atoms with E-state index in [1.165, 1.54) is 25.1 Å². The van der Waals surface area contributed by atoms with Gasteiger partial charge in [-0.2, -0.15) is 0 Å². The molecule has 2 fully saturated rings. The number of nitrogens with zero attached hydrogens (tertiary/aromatic N) is 3. The van der Waals surface area contributed by atoms with Crippen LogP contribution in [-0.4, -0.2) is 66.6 Å². The molecule has 0 unspecified atom stereocenters. The first kappa shape index (κ1) is 15.4.